The molecular weight excluding hydrogens is 368 g/mol. The van der Waals surface area contributed by atoms with Crippen LogP contribution < -0.4 is 10.6 Å². The maximum absolute atomic E-state index is 11.8. The molecule has 2 N–H and O–H groups in total. The number of benzene rings is 2. The normalized spacial score (nSPS) is 15.7. The number of nitrogens with one attached hydrogen (secondary N) is 2. The second-order valence-electron chi connectivity index (χ2n) is 6.16. The Balaban J connectivity index is 1.66. The minimum Gasteiger partial charge on any atom is -0.462 e. The number of hydrogen-bond donors (Lipinski definition) is 2. The predicted octanol–water partition coefficient (Wildman–Crippen LogP) is 4.88. The van der Waals surface area contributed by atoms with E-state index in [0.29, 0.717) is 22.3 Å². The van der Waals surface area contributed by atoms with Crippen LogP contribution in [0.4, 0.5) is 5.69 Å². The van der Waals surface area contributed by atoms with E-state index < -0.39 is 5.97 Å². The van der Waals surface area contributed by atoms with Gasteiger partial charge in [0.15, 0.2) is 5.11 Å². The van der Waals surface area contributed by atoms with Gasteiger partial charge in [-0.3, -0.25) is 0 Å². The van der Waals surface area contributed by atoms with E-state index in [1.807, 2.05) is 0 Å². The molecule has 136 valence electrons. The molecule has 1 aliphatic rings. The third kappa shape index (κ3) is 4.34. The summed E-state index contributed by atoms with van der Waals surface area (Å²) in [5.41, 5.74) is 3.75. The van der Waals surface area contributed by atoms with Gasteiger partial charge in [-0.1, -0.05) is 35.9 Å². The van der Waals surface area contributed by atoms with Crippen LogP contribution in [0.15, 0.2) is 42.5 Å². The van der Waals surface area contributed by atoms with Crippen molar-refractivity contribution >= 4 is 40.6 Å². The standard InChI is InChI=1S/C20H21ClN2O2S/c1-2-25-19(24)16-11-10-14(12-17(16)21)22-20(26)23-18-9-5-7-13-6-3-4-8-15(13)18/h3-4,6,8,10-12,18H,2,5,7,9H2,1H3,(H2,22,23,26)/t18-/m1/s1. The van der Waals surface area contributed by atoms with Crippen LogP contribution in [-0.4, -0.2) is 17.7 Å². The van der Waals surface area contributed by atoms with Gasteiger partial charge < -0.3 is 15.4 Å². The Morgan fingerprint density at radius 2 is 2.12 bits per heavy atom. The first-order valence-electron chi connectivity index (χ1n) is 8.70. The van der Waals surface area contributed by atoms with Gasteiger partial charge in [-0.15, -0.1) is 0 Å². The van der Waals surface area contributed by atoms with E-state index in [4.69, 9.17) is 28.6 Å². The van der Waals surface area contributed by atoms with Crippen molar-refractivity contribution in [3.8, 4) is 0 Å². The number of ether oxygens (including phenoxy) is 1. The third-order valence-electron chi connectivity index (χ3n) is 4.40. The van der Waals surface area contributed by atoms with Crippen molar-refractivity contribution < 1.29 is 9.53 Å². The Bertz CT molecular complexity index is 825. The third-order valence-corrected chi connectivity index (χ3v) is 4.93. The molecule has 0 radical (unpaired) electrons. The first kappa shape index (κ1) is 18.7. The van der Waals surface area contributed by atoms with E-state index in [2.05, 4.69) is 34.9 Å². The molecule has 6 heteroatoms. The quantitative estimate of drug-likeness (QED) is 0.577. The molecule has 0 spiro atoms. The van der Waals surface area contributed by atoms with E-state index in [0.717, 1.165) is 24.9 Å². The first-order chi connectivity index (χ1) is 12.6. The Hall–Kier alpha value is -2.11. The molecule has 26 heavy (non-hydrogen) atoms. The molecule has 0 aromatic heterocycles. The average Bonchev–Trinajstić information content (AvgIpc) is 2.62. The molecule has 0 amide bonds. The minimum atomic E-state index is -0.427. The number of rotatable bonds is 4. The number of aryl methyl sites for hydroxylation is 1. The average molecular weight is 389 g/mol. The Labute approximate surface area is 163 Å². The van der Waals surface area contributed by atoms with Gasteiger partial charge in [0.1, 0.15) is 0 Å². The molecule has 0 bridgehead atoms. The second kappa shape index (κ2) is 8.52. The lowest BCUT2D eigenvalue weighted by Gasteiger charge is -2.27. The van der Waals surface area contributed by atoms with E-state index in [1.165, 1.54) is 11.1 Å². The number of carbonyl (C=O) groups is 1. The molecule has 0 aliphatic heterocycles. The molecule has 4 nitrogen and oxygen atoms in total. The number of halogens is 1. The van der Waals surface area contributed by atoms with E-state index in [1.54, 1.807) is 25.1 Å². The summed E-state index contributed by atoms with van der Waals surface area (Å²) in [6.45, 7) is 2.07. The fraction of sp³-hybridized carbons (Fsp3) is 0.300. The van der Waals surface area contributed by atoms with E-state index in [9.17, 15) is 4.79 Å². The SMILES string of the molecule is CCOC(=O)c1ccc(NC(=S)N[C@@H]2CCCc3ccccc32)cc1Cl. The van der Waals surface area contributed by atoms with Crippen molar-refractivity contribution in [1.29, 1.82) is 0 Å². The number of fused-ring (bicyclic) bond motifs is 1. The van der Waals surface area contributed by atoms with Crippen molar-refractivity contribution in [2.24, 2.45) is 0 Å². The van der Waals surface area contributed by atoms with Crippen LogP contribution in [0.1, 0.15) is 47.3 Å². The van der Waals surface area contributed by atoms with Crippen molar-refractivity contribution in [3.63, 3.8) is 0 Å². The lowest BCUT2D eigenvalue weighted by atomic mass is 9.88. The van der Waals surface area contributed by atoms with Crippen LogP contribution in [0.25, 0.3) is 0 Å². The van der Waals surface area contributed by atoms with Crippen molar-refractivity contribution in [2.75, 3.05) is 11.9 Å². The molecule has 1 atom stereocenters. The zero-order valence-electron chi connectivity index (χ0n) is 14.5. The van der Waals surface area contributed by atoms with Gasteiger partial charge >= 0.3 is 5.97 Å². The summed E-state index contributed by atoms with van der Waals surface area (Å²) >= 11 is 11.7. The van der Waals surface area contributed by atoms with Crippen molar-refractivity contribution in [2.45, 2.75) is 32.2 Å². The summed E-state index contributed by atoms with van der Waals surface area (Å²) in [6.07, 6.45) is 3.29. The van der Waals surface area contributed by atoms with Crippen LogP contribution in [0.5, 0.6) is 0 Å². The molecule has 2 aromatic rings. The number of esters is 1. The van der Waals surface area contributed by atoms with Gasteiger partial charge in [0.05, 0.1) is 23.2 Å². The number of hydrogen-bond acceptors (Lipinski definition) is 3. The Morgan fingerprint density at radius 1 is 1.31 bits per heavy atom. The maximum Gasteiger partial charge on any atom is 0.339 e. The monoisotopic (exact) mass is 388 g/mol. The van der Waals surface area contributed by atoms with Gasteiger partial charge in [-0.05, 0) is 67.7 Å². The second-order valence-corrected chi connectivity index (χ2v) is 6.97. The fourth-order valence-corrected chi connectivity index (χ4v) is 3.71. The molecule has 3 rings (SSSR count). The molecule has 0 unspecified atom stereocenters. The topological polar surface area (TPSA) is 50.4 Å². The zero-order chi connectivity index (χ0) is 18.5. The Kier molecular flexibility index (Phi) is 6.12. The van der Waals surface area contributed by atoms with Crippen LogP contribution in [0, 0.1) is 0 Å². The summed E-state index contributed by atoms with van der Waals surface area (Å²) < 4.78 is 4.98. The van der Waals surface area contributed by atoms with Gasteiger partial charge in [-0.2, -0.15) is 0 Å². The number of carbonyl (C=O) groups excluding carboxylic acids is 1. The molecule has 2 aromatic carbocycles. The lowest BCUT2D eigenvalue weighted by Crippen LogP contribution is -2.34. The maximum atomic E-state index is 11.8. The molecule has 0 saturated heterocycles. The summed E-state index contributed by atoms with van der Waals surface area (Å²) in [6, 6.07) is 13.7. The van der Waals surface area contributed by atoms with Crippen LogP contribution >= 0.6 is 23.8 Å². The molecule has 0 fully saturated rings. The van der Waals surface area contributed by atoms with Gasteiger partial charge in [-0.25, -0.2) is 4.79 Å². The lowest BCUT2D eigenvalue weighted by molar-refractivity contribution is 0.0526. The largest absolute Gasteiger partial charge is 0.462 e. The Morgan fingerprint density at radius 3 is 2.88 bits per heavy atom. The highest BCUT2D eigenvalue weighted by atomic mass is 35.5. The summed E-state index contributed by atoms with van der Waals surface area (Å²) in [4.78, 5) is 11.8. The van der Waals surface area contributed by atoms with Gasteiger partial charge in [0.2, 0.25) is 0 Å². The van der Waals surface area contributed by atoms with E-state index >= 15 is 0 Å². The van der Waals surface area contributed by atoms with Crippen molar-refractivity contribution in [3.05, 3.63) is 64.2 Å². The van der Waals surface area contributed by atoms with Crippen LogP contribution in [-0.2, 0) is 11.2 Å². The highest BCUT2D eigenvalue weighted by molar-refractivity contribution is 7.80. The minimum absolute atomic E-state index is 0.203. The van der Waals surface area contributed by atoms with Crippen LogP contribution in [0.3, 0.4) is 0 Å². The first-order valence-corrected chi connectivity index (χ1v) is 9.49. The van der Waals surface area contributed by atoms with Gasteiger partial charge in [0, 0.05) is 5.69 Å². The molecular formula is C20H21ClN2O2S. The highest BCUT2D eigenvalue weighted by Gasteiger charge is 2.20. The highest BCUT2D eigenvalue weighted by Crippen LogP contribution is 2.29. The molecule has 1 aliphatic carbocycles. The molecule has 0 saturated carbocycles. The number of anilines is 1. The summed E-state index contributed by atoms with van der Waals surface area (Å²) in [5, 5.41) is 7.40. The molecule has 0 heterocycles. The summed E-state index contributed by atoms with van der Waals surface area (Å²) in [7, 11) is 0. The predicted molar refractivity (Wildman–Crippen MR) is 109 cm³/mol. The number of thiocarbonyl (C=S) groups is 1. The van der Waals surface area contributed by atoms with Crippen molar-refractivity contribution in [1.82, 2.24) is 5.32 Å². The smallest absolute Gasteiger partial charge is 0.339 e. The van der Waals surface area contributed by atoms with Crippen LogP contribution in [0.2, 0.25) is 5.02 Å². The summed E-state index contributed by atoms with van der Waals surface area (Å²) in [5.74, 6) is -0.427. The zero-order valence-corrected chi connectivity index (χ0v) is 16.1. The fourth-order valence-electron chi connectivity index (χ4n) is 3.20. The van der Waals surface area contributed by atoms with E-state index in [-0.39, 0.29) is 6.04 Å². The van der Waals surface area contributed by atoms with Gasteiger partial charge in [0.25, 0.3) is 0 Å².